The number of benzene rings is 1. The minimum absolute atomic E-state index is 0.0398. The van der Waals surface area contributed by atoms with Crippen molar-refractivity contribution in [2.75, 3.05) is 11.9 Å². The van der Waals surface area contributed by atoms with Gasteiger partial charge in [-0.1, -0.05) is 12.1 Å². The van der Waals surface area contributed by atoms with Crippen LogP contribution in [0.3, 0.4) is 0 Å². The lowest BCUT2D eigenvalue weighted by molar-refractivity contribution is -0.117. The van der Waals surface area contributed by atoms with Crippen LogP contribution in [0.15, 0.2) is 61.1 Å². The standard InChI is InChI=1S/C30H26N8O2/c1-3-40-24-13-18(5-4-16(24)2)25-26-22(10-11-32-25)35-29(36-26)28-27-23(37-38-28)9-8-21(34-27)19-12-20(15-31-14-19)33-30(39)17-6-7-17/h4-5,8-15,17H,3,6-7H2,1-2H3,(H,33,39)(H,35,36)(H,37,38). The SMILES string of the molecule is CCOc1cc(-c2nccc3[nH]c(-c4n[nH]c5ccc(-c6cncc(NC(=O)C7CC7)c6)nc45)nc23)ccc1C. The first-order valence-electron chi connectivity index (χ1n) is 13.3. The Morgan fingerprint density at radius 3 is 2.73 bits per heavy atom. The molecule has 7 rings (SSSR count). The first-order chi connectivity index (χ1) is 19.6. The molecule has 0 bridgehead atoms. The van der Waals surface area contributed by atoms with E-state index < -0.39 is 0 Å². The molecule has 3 N–H and O–H groups in total. The van der Waals surface area contributed by atoms with E-state index in [-0.39, 0.29) is 11.8 Å². The second-order valence-corrected chi connectivity index (χ2v) is 9.95. The Balaban J connectivity index is 1.27. The molecule has 1 saturated carbocycles. The summed E-state index contributed by atoms with van der Waals surface area (Å²) >= 11 is 0. The van der Waals surface area contributed by atoms with Gasteiger partial charge < -0.3 is 15.0 Å². The third kappa shape index (κ3) is 4.33. The number of ether oxygens (including phenoxy) is 1. The van der Waals surface area contributed by atoms with Crippen molar-refractivity contribution in [2.45, 2.75) is 26.7 Å². The van der Waals surface area contributed by atoms with Crippen LogP contribution >= 0.6 is 0 Å². The predicted octanol–water partition coefficient (Wildman–Crippen LogP) is 5.68. The van der Waals surface area contributed by atoms with Gasteiger partial charge in [0.1, 0.15) is 16.8 Å². The summed E-state index contributed by atoms with van der Waals surface area (Å²) in [6.07, 6.45) is 7.04. The number of hydrogen-bond donors (Lipinski definition) is 3. The number of nitrogens with zero attached hydrogens (tertiary/aromatic N) is 5. The van der Waals surface area contributed by atoms with Crippen LogP contribution in [0.25, 0.3) is 56.1 Å². The Hall–Kier alpha value is -5.12. The highest BCUT2D eigenvalue weighted by Crippen LogP contribution is 2.33. The smallest absolute Gasteiger partial charge is 0.227 e. The number of aromatic nitrogens is 7. The third-order valence-electron chi connectivity index (χ3n) is 7.04. The molecule has 198 valence electrons. The van der Waals surface area contributed by atoms with Gasteiger partial charge >= 0.3 is 0 Å². The molecule has 10 heteroatoms. The molecule has 1 fully saturated rings. The zero-order valence-electron chi connectivity index (χ0n) is 22.0. The second-order valence-electron chi connectivity index (χ2n) is 9.95. The van der Waals surface area contributed by atoms with E-state index in [9.17, 15) is 4.79 Å². The molecule has 10 nitrogen and oxygen atoms in total. The number of aromatic amines is 2. The maximum atomic E-state index is 12.2. The van der Waals surface area contributed by atoms with Gasteiger partial charge in [0.15, 0.2) is 11.5 Å². The number of pyridine rings is 3. The van der Waals surface area contributed by atoms with Crippen LogP contribution in [-0.2, 0) is 4.79 Å². The molecule has 5 aromatic heterocycles. The molecule has 1 aliphatic carbocycles. The topological polar surface area (TPSA) is 134 Å². The number of carbonyl (C=O) groups is 1. The zero-order valence-corrected chi connectivity index (χ0v) is 22.0. The molecule has 0 aliphatic heterocycles. The highest BCUT2D eigenvalue weighted by atomic mass is 16.5. The fourth-order valence-corrected chi connectivity index (χ4v) is 4.78. The van der Waals surface area contributed by atoms with Crippen LogP contribution in [0.1, 0.15) is 25.3 Å². The summed E-state index contributed by atoms with van der Waals surface area (Å²) in [5.74, 6) is 1.57. The maximum absolute atomic E-state index is 12.2. The number of amides is 1. The summed E-state index contributed by atoms with van der Waals surface area (Å²) in [6, 6.07) is 13.7. The Morgan fingerprint density at radius 2 is 1.88 bits per heavy atom. The average Bonchev–Trinajstić information content (AvgIpc) is 3.60. The van der Waals surface area contributed by atoms with E-state index in [0.29, 0.717) is 35.0 Å². The summed E-state index contributed by atoms with van der Waals surface area (Å²) in [4.78, 5) is 34.4. The van der Waals surface area contributed by atoms with Gasteiger partial charge in [-0.25, -0.2) is 9.97 Å². The van der Waals surface area contributed by atoms with Gasteiger partial charge in [-0.15, -0.1) is 0 Å². The summed E-state index contributed by atoms with van der Waals surface area (Å²) in [7, 11) is 0. The van der Waals surface area contributed by atoms with Gasteiger partial charge in [0, 0.05) is 29.4 Å². The predicted molar refractivity (Wildman–Crippen MR) is 153 cm³/mol. The van der Waals surface area contributed by atoms with Crippen molar-refractivity contribution >= 4 is 33.7 Å². The van der Waals surface area contributed by atoms with Gasteiger partial charge in [0.25, 0.3) is 0 Å². The van der Waals surface area contributed by atoms with Crippen LogP contribution in [0.5, 0.6) is 5.75 Å². The molecule has 1 aliphatic rings. The number of anilines is 1. The minimum Gasteiger partial charge on any atom is -0.494 e. The van der Waals surface area contributed by atoms with Crippen LogP contribution in [0.4, 0.5) is 5.69 Å². The van der Waals surface area contributed by atoms with Gasteiger partial charge in [-0.3, -0.25) is 19.9 Å². The highest BCUT2D eigenvalue weighted by molar-refractivity contribution is 5.96. The first-order valence-corrected chi connectivity index (χ1v) is 13.3. The van der Waals surface area contributed by atoms with Crippen molar-refractivity contribution in [2.24, 2.45) is 5.92 Å². The molecule has 1 aromatic carbocycles. The quantitative estimate of drug-likeness (QED) is 0.242. The van der Waals surface area contributed by atoms with Crippen molar-refractivity contribution in [1.29, 1.82) is 0 Å². The van der Waals surface area contributed by atoms with E-state index in [4.69, 9.17) is 14.7 Å². The Kier molecular flexibility index (Phi) is 5.73. The van der Waals surface area contributed by atoms with Gasteiger partial charge in [-0.2, -0.15) is 5.10 Å². The molecule has 0 unspecified atom stereocenters. The molecule has 40 heavy (non-hydrogen) atoms. The number of aryl methyl sites for hydroxylation is 1. The third-order valence-corrected chi connectivity index (χ3v) is 7.04. The average molecular weight is 531 g/mol. The van der Waals surface area contributed by atoms with Crippen molar-refractivity contribution in [3.63, 3.8) is 0 Å². The number of hydrogen-bond acceptors (Lipinski definition) is 7. The summed E-state index contributed by atoms with van der Waals surface area (Å²) in [5, 5.41) is 10.6. The number of nitrogens with one attached hydrogen (secondary N) is 3. The number of H-pyrrole nitrogens is 2. The fraction of sp³-hybridized carbons (Fsp3) is 0.200. The molecular weight excluding hydrogens is 504 g/mol. The van der Waals surface area contributed by atoms with Crippen LogP contribution in [0, 0.1) is 12.8 Å². The largest absolute Gasteiger partial charge is 0.494 e. The number of carbonyl (C=O) groups excluding carboxylic acids is 1. The lowest BCUT2D eigenvalue weighted by atomic mass is 10.1. The normalized spacial score (nSPS) is 13.2. The van der Waals surface area contributed by atoms with E-state index in [0.717, 1.165) is 57.5 Å². The highest BCUT2D eigenvalue weighted by Gasteiger charge is 2.29. The van der Waals surface area contributed by atoms with E-state index >= 15 is 0 Å². The number of rotatable bonds is 7. The van der Waals surface area contributed by atoms with E-state index in [1.165, 1.54) is 0 Å². The summed E-state index contributed by atoms with van der Waals surface area (Å²) in [6.45, 7) is 4.58. The Morgan fingerprint density at radius 1 is 1.00 bits per heavy atom. The fourth-order valence-electron chi connectivity index (χ4n) is 4.78. The van der Waals surface area contributed by atoms with Crippen LogP contribution in [-0.4, -0.2) is 47.6 Å². The zero-order chi connectivity index (χ0) is 27.2. The van der Waals surface area contributed by atoms with Crippen molar-refractivity contribution < 1.29 is 9.53 Å². The van der Waals surface area contributed by atoms with Crippen LogP contribution < -0.4 is 10.1 Å². The molecule has 1 amide bonds. The Bertz CT molecular complexity index is 1900. The molecule has 0 saturated heterocycles. The lowest BCUT2D eigenvalue weighted by Gasteiger charge is -2.09. The van der Waals surface area contributed by atoms with Crippen molar-refractivity contribution in [3.05, 3.63) is 66.6 Å². The van der Waals surface area contributed by atoms with E-state index in [1.54, 1.807) is 18.6 Å². The molecular formula is C30H26N8O2. The monoisotopic (exact) mass is 530 g/mol. The van der Waals surface area contributed by atoms with Gasteiger partial charge in [0.05, 0.1) is 40.9 Å². The van der Waals surface area contributed by atoms with E-state index in [1.807, 2.05) is 56.3 Å². The Labute approximate surface area is 229 Å². The lowest BCUT2D eigenvalue weighted by Crippen LogP contribution is -2.13. The number of imidazole rings is 1. The summed E-state index contributed by atoms with van der Waals surface area (Å²) < 4.78 is 5.81. The van der Waals surface area contributed by atoms with Gasteiger partial charge in [0.2, 0.25) is 5.91 Å². The second kappa shape index (κ2) is 9.57. The molecule has 0 radical (unpaired) electrons. The molecule has 6 aromatic rings. The first kappa shape index (κ1) is 24.0. The van der Waals surface area contributed by atoms with Crippen molar-refractivity contribution in [3.8, 4) is 39.8 Å². The van der Waals surface area contributed by atoms with Gasteiger partial charge in [-0.05, 0) is 62.6 Å². The molecule has 5 heterocycles. The van der Waals surface area contributed by atoms with Crippen LogP contribution in [0.2, 0.25) is 0 Å². The van der Waals surface area contributed by atoms with E-state index in [2.05, 4.69) is 30.5 Å². The minimum atomic E-state index is 0.0398. The number of fused-ring (bicyclic) bond motifs is 2. The summed E-state index contributed by atoms with van der Waals surface area (Å²) in [5.41, 5.74) is 8.54. The maximum Gasteiger partial charge on any atom is 0.227 e. The molecule has 0 spiro atoms. The van der Waals surface area contributed by atoms with Crippen molar-refractivity contribution in [1.82, 2.24) is 35.1 Å². The molecule has 0 atom stereocenters.